The van der Waals surface area contributed by atoms with E-state index in [9.17, 15) is 13.2 Å². The average molecular weight is 335 g/mol. The molecular weight excluding hydrogens is 314 g/mol. The van der Waals surface area contributed by atoms with Crippen LogP contribution in [-0.2, 0) is 21.1 Å². The number of nitrogens with zero attached hydrogens (tertiary/aromatic N) is 1. The molecule has 1 amide bonds. The van der Waals surface area contributed by atoms with Crippen LogP contribution in [0.25, 0.3) is 0 Å². The minimum Gasteiger partial charge on any atom is -0.486 e. The molecule has 124 valence electrons. The maximum atomic E-state index is 12.2. The van der Waals surface area contributed by atoms with Crippen LogP contribution >= 0.6 is 0 Å². The molecule has 2 heterocycles. The summed E-state index contributed by atoms with van der Waals surface area (Å²) in [5.74, 6) is 0.752. The first-order chi connectivity index (χ1) is 11.0. The van der Waals surface area contributed by atoms with E-state index in [1.54, 1.807) is 11.0 Å². The molecule has 0 N–H and O–H groups in total. The van der Waals surface area contributed by atoms with E-state index in [2.05, 4.69) is 6.92 Å². The van der Waals surface area contributed by atoms with Gasteiger partial charge in [-0.3, -0.25) is 4.79 Å². The Hall–Kier alpha value is -1.82. The number of benzene rings is 1. The fraction of sp³-hybridized carbons (Fsp3) is 0.471. The Morgan fingerprint density at radius 3 is 2.70 bits per heavy atom. The van der Waals surface area contributed by atoms with Crippen LogP contribution in [0.15, 0.2) is 35.7 Å². The highest BCUT2D eigenvalue weighted by Gasteiger charge is 2.34. The number of carbonyl (C=O) groups is 1. The van der Waals surface area contributed by atoms with Crippen LogP contribution < -0.4 is 4.74 Å². The largest absolute Gasteiger partial charge is 0.486 e. The van der Waals surface area contributed by atoms with Crippen molar-refractivity contribution in [3.8, 4) is 5.75 Å². The monoisotopic (exact) mass is 335 g/mol. The van der Waals surface area contributed by atoms with Crippen molar-refractivity contribution in [3.63, 3.8) is 0 Å². The molecule has 0 radical (unpaired) electrons. The molecule has 1 aromatic rings. The van der Waals surface area contributed by atoms with E-state index in [0.29, 0.717) is 13.1 Å². The maximum absolute atomic E-state index is 12.2. The summed E-state index contributed by atoms with van der Waals surface area (Å²) in [5.41, 5.74) is 1.17. The summed E-state index contributed by atoms with van der Waals surface area (Å²) in [7, 11) is -3.09. The highest BCUT2D eigenvalue weighted by Crippen LogP contribution is 2.25. The average Bonchev–Trinajstić information content (AvgIpc) is 2.81. The Morgan fingerprint density at radius 1 is 1.30 bits per heavy atom. The molecule has 1 fully saturated rings. The number of hydrogen-bond donors (Lipinski definition) is 0. The molecule has 0 aromatic heterocycles. The van der Waals surface area contributed by atoms with Gasteiger partial charge in [0.25, 0.3) is 0 Å². The molecule has 1 aromatic carbocycles. The molecule has 6 heteroatoms. The predicted molar refractivity (Wildman–Crippen MR) is 87.8 cm³/mol. The summed E-state index contributed by atoms with van der Waals surface area (Å²) in [6.07, 6.45) is 2.81. The lowest BCUT2D eigenvalue weighted by Crippen LogP contribution is -2.56. The Morgan fingerprint density at radius 2 is 2.04 bits per heavy atom. The zero-order valence-electron chi connectivity index (χ0n) is 13.1. The summed E-state index contributed by atoms with van der Waals surface area (Å²) >= 11 is 0. The van der Waals surface area contributed by atoms with Gasteiger partial charge in [-0.05, 0) is 18.1 Å². The number of likely N-dealkylation sites (tertiary alicyclic amines) is 1. The zero-order chi connectivity index (χ0) is 16.4. The molecule has 0 aliphatic carbocycles. The van der Waals surface area contributed by atoms with Gasteiger partial charge in [0.05, 0.1) is 18.8 Å². The molecule has 1 saturated heterocycles. The Kier molecular flexibility index (Phi) is 4.43. The first-order valence-corrected chi connectivity index (χ1v) is 9.61. The number of carbonyl (C=O) groups excluding carboxylic acids is 1. The summed E-state index contributed by atoms with van der Waals surface area (Å²) in [6, 6.07) is 7.94. The summed E-state index contributed by atoms with van der Waals surface area (Å²) < 4.78 is 28.7. The fourth-order valence-corrected chi connectivity index (χ4v) is 4.33. The summed E-state index contributed by atoms with van der Waals surface area (Å²) in [5, 5.41) is 1.22. The first kappa shape index (κ1) is 16.1. The SMILES string of the molecule is CCc1ccccc1OC1CN(C(=O)CC2C=CS(=O)(=O)C2)C1. The lowest BCUT2D eigenvalue weighted by atomic mass is 10.0. The van der Waals surface area contributed by atoms with Gasteiger partial charge in [-0.1, -0.05) is 31.2 Å². The third-order valence-corrected chi connectivity index (χ3v) is 5.75. The van der Waals surface area contributed by atoms with Crippen molar-refractivity contribution >= 4 is 15.7 Å². The van der Waals surface area contributed by atoms with Gasteiger partial charge < -0.3 is 9.64 Å². The molecule has 5 nitrogen and oxygen atoms in total. The van der Waals surface area contributed by atoms with Crippen molar-refractivity contribution in [3.05, 3.63) is 41.3 Å². The van der Waals surface area contributed by atoms with Crippen molar-refractivity contribution < 1.29 is 17.9 Å². The number of ether oxygens (including phenoxy) is 1. The van der Waals surface area contributed by atoms with Crippen LogP contribution in [0.3, 0.4) is 0 Å². The maximum Gasteiger partial charge on any atom is 0.223 e. The van der Waals surface area contributed by atoms with Gasteiger partial charge in [-0.25, -0.2) is 8.42 Å². The van der Waals surface area contributed by atoms with Gasteiger partial charge in [0.15, 0.2) is 9.84 Å². The smallest absolute Gasteiger partial charge is 0.223 e. The number of hydrogen-bond acceptors (Lipinski definition) is 4. The fourth-order valence-electron chi connectivity index (χ4n) is 2.93. The van der Waals surface area contributed by atoms with Crippen LogP contribution in [0.1, 0.15) is 18.9 Å². The number of para-hydroxylation sites is 1. The number of rotatable bonds is 5. The number of allylic oxidation sites excluding steroid dienone is 1. The van der Waals surface area contributed by atoms with E-state index in [1.807, 2.05) is 24.3 Å². The quantitative estimate of drug-likeness (QED) is 0.823. The number of aryl methyl sites for hydroxylation is 1. The third kappa shape index (κ3) is 3.75. The van der Waals surface area contributed by atoms with Gasteiger partial charge in [0.2, 0.25) is 5.91 Å². The van der Waals surface area contributed by atoms with Crippen LogP contribution in [0, 0.1) is 5.92 Å². The third-order valence-electron chi connectivity index (χ3n) is 4.29. The van der Waals surface area contributed by atoms with E-state index in [4.69, 9.17) is 4.74 Å². The predicted octanol–water partition coefficient (Wildman–Crippen LogP) is 1.79. The molecule has 1 unspecified atom stereocenters. The normalized spacial score (nSPS) is 22.8. The highest BCUT2D eigenvalue weighted by molar-refractivity contribution is 7.94. The van der Waals surface area contributed by atoms with Crippen molar-refractivity contribution in [2.24, 2.45) is 5.92 Å². The van der Waals surface area contributed by atoms with E-state index >= 15 is 0 Å². The minimum absolute atomic E-state index is 0.000349. The second-order valence-electron chi connectivity index (χ2n) is 6.12. The van der Waals surface area contributed by atoms with E-state index in [1.165, 1.54) is 11.0 Å². The standard InChI is InChI=1S/C17H21NO4S/c1-2-14-5-3-4-6-16(14)22-15-10-18(11-15)17(19)9-13-7-8-23(20,21)12-13/h3-8,13,15H,2,9-12H2,1H3. The van der Waals surface area contributed by atoms with Crippen molar-refractivity contribution in [1.29, 1.82) is 0 Å². The van der Waals surface area contributed by atoms with E-state index in [0.717, 1.165) is 12.2 Å². The molecule has 1 atom stereocenters. The molecule has 3 rings (SSSR count). The van der Waals surface area contributed by atoms with Gasteiger partial charge >= 0.3 is 0 Å². The van der Waals surface area contributed by atoms with Crippen LogP contribution in [0.4, 0.5) is 0 Å². The molecule has 23 heavy (non-hydrogen) atoms. The zero-order valence-corrected chi connectivity index (χ0v) is 14.0. The molecule has 0 saturated carbocycles. The second-order valence-corrected chi connectivity index (χ2v) is 8.05. The van der Waals surface area contributed by atoms with Crippen molar-refractivity contribution in [1.82, 2.24) is 4.90 Å². The van der Waals surface area contributed by atoms with E-state index < -0.39 is 9.84 Å². The van der Waals surface area contributed by atoms with E-state index in [-0.39, 0.29) is 30.1 Å². The molecular formula is C17H21NO4S. The van der Waals surface area contributed by atoms with Crippen LogP contribution in [-0.4, -0.2) is 44.2 Å². The van der Waals surface area contributed by atoms with Crippen molar-refractivity contribution in [2.75, 3.05) is 18.8 Å². The topological polar surface area (TPSA) is 63.7 Å². The van der Waals surface area contributed by atoms with Gasteiger partial charge in [0, 0.05) is 17.7 Å². The van der Waals surface area contributed by atoms with Gasteiger partial charge in [-0.15, -0.1) is 0 Å². The van der Waals surface area contributed by atoms with Gasteiger partial charge in [-0.2, -0.15) is 0 Å². The molecule has 2 aliphatic rings. The Balaban J connectivity index is 1.47. The van der Waals surface area contributed by atoms with Gasteiger partial charge in [0.1, 0.15) is 11.9 Å². The van der Waals surface area contributed by atoms with Crippen molar-refractivity contribution in [2.45, 2.75) is 25.9 Å². The lowest BCUT2D eigenvalue weighted by Gasteiger charge is -2.39. The summed E-state index contributed by atoms with van der Waals surface area (Å²) in [6.45, 7) is 3.22. The summed E-state index contributed by atoms with van der Waals surface area (Å²) in [4.78, 5) is 13.9. The highest BCUT2D eigenvalue weighted by atomic mass is 32.2. The number of sulfone groups is 1. The molecule has 0 bridgehead atoms. The first-order valence-electron chi connectivity index (χ1n) is 7.90. The Bertz CT molecular complexity index is 720. The number of amides is 1. The molecule has 0 spiro atoms. The molecule has 2 aliphatic heterocycles. The second kappa shape index (κ2) is 6.35. The van der Waals surface area contributed by atoms with Crippen LogP contribution in [0.2, 0.25) is 0 Å². The lowest BCUT2D eigenvalue weighted by molar-refractivity contribution is -0.140. The Labute approximate surface area is 136 Å². The van der Waals surface area contributed by atoms with Crippen LogP contribution in [0.5, 0.6) is 5.75 Å². The minimum atomic E-state index is -3.09.